The maximum Gasteiger partial charge on any atom is 0.201 e. The van der Waals surface area contributed by atoms with Gasteiger partial charge in [-0.05, 0) is 13.5 Å². The normalized spacial score (nSPS) is 9.56. The minimum Gasteiger partial charge on any atom is -0.479 e. The average Bonchev–Trinajstić information content (AvgIpc) is 1.85. The second kappa shape index (κ2) is 5.08. The maximum absolute atomic E-state index is 4.88. The molecule has 0 aliphatic heterocycles. The summed E-state index contributed by atoms with van der Waals surface area (Å²) in [4.78, 5) is 0. The third kappa shape index (κ3) is 4.80. The van der Waals surface area contributed by atoms with Crippen molar-refractivity contribution in [2.75, 3.05) is 13.7 Å². The minimum atomic E-state index is 0.420. The zero-order valence-electron chi connectivity index (χ0n) is 5.72. The van der Waals surface area contributed by atoms with Crippen LogP contribution in [0.2, 0.25) is 0 Å². The summed E-state index contributed by atoms with van der Waals surface area (Å²) in [6.07, 6.45) is 0. The summed E-state index contributed by atoms with van der Waals surface area (Å²) in [7, 11) is 1.56. The summed E-state index contributed by atoms with van der Waals surface area (Å²) in [5.41, 5.74) is 2.47. The van der Waals surface area contributed by atoms with Crippen molar-refractivity contribution in [3.8, 4) is 0 Å². The molecule has 9 heavy (non-hydrogen) atoms. The highest BCUT2D eigenvalue weighted by molar-refractivity contribution is 4.74. The van der Waals surface area contributed by atoms with Crippen LogP contribution >= 0.6 is 0 Å². The first-order valence-corrected chi connectivity index (χ1v) is 2.67. The summed E-state index contributed by atoms with van der Waals surface area (Å²) in [5, 5.41) is 6.87. The van der Waals surface area contributed by atoms with Crippen LogP contribution in [0.3, 0.4) is 0 Å². The fourth-order valence-electron chi connectivity index (χ4n) is 0.312. The summed E-state index contributed by atoms with van der Waals surface area (Å²) < 4.78 is 4.88. The Morgan fingerprint density at radius 2 is 2.44 bits per heavy atom. The van der Waals surface area contributed by atoms with E-state index in [0.717, 1.165) is 0 Å². The molecule has 0 aliphatic carbocycles. The molecule has 0 saturated heterocycles. The number of nitrogens with one attached hydrogen (secondary N) is 1. The van der Waals surface area contributed by atoms with E-state index in [1.165, 1.54) is 0 Å². The predicted molar refractivity (Wildman–Crippen MR) is 34.7 cm³/mol. The molecule has 0 spiro atoms. The van der Waals surface area contributed by atoms with E-state index in [1.807, 2.05) is 6.92 Å². The first-order valence-electron chi connectivity index (χ1n) is 2.67. The van der Waals surface area contributed by atoms with Gasteiger partial charge >= 0.3 is 0 Å². The van der Waals surface area contributed by atoms with E-state index in [-0.39, 0.29) is 0 Å². The first-order chi connectivity index (χ1) is 4.31. The molecule has 0 amide bonds. The Morgan fingerprint density at radius 3 is 2.89 bits per heavy atom. The lowest BCUT2D eigenvalue weighted by Crippen LogP contribution is -2.06. The number of ether oxygens (including phenoxy) is 1. The van der Waals surface area contributed by atoms with E-state index < -0.39 is 0 Å². The molecule has 4 nitrogen and oxygen atoms in total. The summed E-state index contributed by atoms with van der Waals surface area (Å²) in [6.45, 7) is 5.95. The van der Waals surface area contributed by atoms with Crippen molar-refractivity contribution in [2.24, 2.45) is 10.3 Å². The van der Waals surface area contributed by atoms with Gasteiger partial charge in [0.15, 0.2) is 0 Å². The molecule has 1 N–H and O–H groups in total. The van der Waals surface area contributed by atoms with Crippen LogP contribution in [-0.2, 0) is 4.74 Å². The average molecular weight is 129 g/mol. The van der Waals surface area contributed by atoms with Crippen LogP contribution in [0.25, 0.3) is 0 Å². The largest absolute Gasteiger partial charge is 0.479 e. The molecule has 0 fully saturated rings. The summed E-state index contributed by atoms with van der Waals surface area (Å²) in [6, 6.07) is 0. The monoisotopic (exact) mass is 129 g/mol. The molecule has 0 aromatic carbocycles. The molecule has 0 heterocycles. The van der Waals surface area contributed by atoms with Crippen molar-refractivity contribution in [1.29, 1.82) is 0 Å². The number of nitrogens with zero attached hydrogens (tertiary/aromatic N) is 2. The van der Waals surface area contributed by atoms with Crippen LogP contribution in [0.5, 0.6) is 0 Å². The summed E-state index contributed by atoms with van der Waals surface area (Å²) >= 11 is 0. The fourth-order valence-corrected chi connectivity index (χ4v) is 0.312. The van der Waals surface area contributed by atoms with E-state index in [4.69, 9.17) is 4.74 Å². The molecule has 0 saturated carbocycles. The van der Waals surface area contributed by atoms with Crippen molar-refractivity contribution in [3.05, 3.63) is 12.5 Å². The molecule has 0 aromatic heterocycles. The number of hydrogen-bond donors (Lipinski definition) is 1. The van der Waals surface area contributed by atoms with Crippen LogP contribution < -0.4 is 5.43 Å². The Morgan fingerprint density at radius 1 is 1.78 bits per heavy atom. The van der Waals surface area contributed by atoms with Gasteiger partial charge in [-0.3, -0.25) is 0 Å². The van der Waals surface area contributed by atoms with Crippen LogP contribution in [0.15, 0.2) is 22.8 Å². The summed E-state index contributed by atoms with van der Waals surface area (Å²) in [5.74, 6) is 0.420. The van der Waals surface area contributed by atoms with Gasteiger partial charge in [-0.2, -0.15) is 5.11 Å². The van der Waals surface area contributed by atoms with Crippen molar-refractivity contribution < 1.29 is 4.74 Å². The quantitative estimate of drug-likeness (QED) is 0.350. The first kappa shape index (κ1) is 7.94. The van der Waals surface area contributed by atoms with Gasteiger partial charge in [-0.25, -0.2) is 5.43 Å². The Balaban J connectivity index is 3.27. The topological polar surface area (TPSA) is 46.0 Å². The van der Waals surface area contributed by atoms with Gasteiger partial charge in [0, 0.05) is 0 Å². The Kier molecular flexibility index (Phi) is 4.49. The Bertz CT molecular complexity index is 111. The molecule has 0 unspecified atom stereocenters. The van der Waals surface area contributed by atoms with Gasteiger partial charge in [0.1, 0.15) is 0 Å². The molecule has 0 aliphatic rings. The van der Waals surface area contributed by atoms with Gasteiger partial charge < -0.3 is 4.74 Å². The second-order valence-electron chi connectivity index (χ2n) is 1.27. The lowest BCUT2D eigenvalue weighted by Gasteiger charge is -2.02. The molecule has 52 valence electrons. The lowest BCUT2D eigenvalue weighted by atomic mass is 10.8. The highest BCUT2D eigenvalue weighted by Crippen LogP contribution is 1.85. The van der Waals surface area contributed by atoms with Gasteiger partial charge in [-0.15, -0.1) is 0 Å². The molecule has 0 aromatic rings. The molecule has 0 atom stereocenters. The van der Waals surface area contributed by atoms with Crippen molar-refractivity contribution >= 4 is 0 Å². The smallest absolute Gasteiger partial charge is 0.201 e. The maximum atomic E-state index is 4.88. The number of hydrogen-bond acceptors (Lipinski definition) is 3. The van der Waals surface area contributed by atoms with Crippen molar-refractivity contribution in [3.63, 3.8) is 0 Å². The fraction of sp³-hybridized carbons (Fsp3) is 0.600. The van der Waals surface area contributed by atoms with Gasteiger partial charge in [0.2, 0.25) is 5.88 Å². The zero-order valence-corrected chi connectivity index (χ0v) is 5.72. The van der Waals surface area contributed by atoms with Crippen molar-refractivity contribution in [1.82, 2.24) is 5.43 Å². The van der Waals surface area contributed by atoms with E-state index in [0.29, 0.717) is 12.5 Å². The number of rotatable bonds is 4. The molecule has 0 radical (unpaired) electrons. The van der Waals surface area contributed by atoms with Crippen LogP contribution in [0, 0.1) is 0 Å². The van der Waals surface area contributed by atoms with Crippen LogP contribution in [0.1, 0.15) is 6.92 Å². The predicted octanol–water partition coefficient (Wildman–Crippen LogP) is 1.08. The van der Waals surface area contributed by atoms with Crippen molar-refractivity contribution in [2.45, 2.75) is 6.92 Å². The zero-order chi connectivity index (χ0) is 7.11. The van der Waals surface area contributed by atoms with Gasteiger partial charge in [0.05, 0.1) is 13.7 Å². The van der Waals surface area contributed by atoms with Crippen LogP contribution in [-0.4, -0.2) is 13.7 Å². The van der Waals surface area contributed by atoms with Gasteiger partial charge in [0.25, 0.3) is 0 Å². The lowest BCUT2D eigenvalue weighted by molar-refractivity contribution is 0.207. The molecule has 0 bridgehead atoms. The highest BCUT2D eigenvalue weighted by atomic mass is 16.5. The third-order valence-corrected chi connectivity index (χ3v) is 0.593. The molecular weight excluding hydrogens is 118 g/mol. The third-order valence-electron chi connectivity index (χ3n) is 0.593. The molecular formula is C5H11N3O. The van der Waals surface area contributed by atoms with E-state index >= 15 is 0 Å². The second-order valence-corrected chi connectivity index (χ2v) is 1.27. The Hall–Kier alpha value is -1.06. The van der Waals surface area contributed by atoms with Crippen LogP contribution in [0.4, 0.5) is 0 Å². The molecule has 0 rings (SSSR count). The van der Waals surface area contributed by atoms with Gasteiger partial charge in [-0.1, -0.05) is 5.22 Å². The molecule has 4 heteroatoms. The van der Waals surface area contributed by atoms with E-state index in [2.05, 4.69) is 22.3 Å². The standard InChI is InChI=1S/C5H11N3O/c1-4-9-5(2)7-8-6-3/h2,4H2,1,3H3,(H,6,7). The Labute approximate surface area is 54.6 Å². The highest BCUT2D eigenvalue weighted by Gasteiger charge is 1.84. The van der Waals surface area contributed by atoms with E-state index in [9.17, 15) is 0 Å². The van der Waals surface area contributed by atoms with E-state index in [1.54, 1.807) is 7.05 Å². The SMILES string of the molecule is C=C(NN=NC)OCC. The minimum absolute atomic E-state index is 0.420.